The molecule has 1 aromatic rings. The van der Waals surface area contributed by atoms with E-state index in [1.165, 1.54) is 0 Å². The third-order valence-corrected chi connectivity index (χ3v) is 4.37. The first-order valence-electron chi connectivity index (χ1n) is 7.36. The van der Waals surface area contributed by atoms with Gasteiger partial charge in [-0.25, -0.2) is 0 Å². The van der Waals surface area contributed by atoms with Gasteiger partial charge in [-0.3, -0.25) is 9.69 Å². The highest BCUT2D eigenvalue weighted by atomic mass is 16.5. The summed E-state index contributed by atoms with van der Waals surface area (Å²) in [4.78, 5) is 16.9. The van der Waals surface area contributed by atoms with Crippen molar-refractivity contribution in [3.05, 3.63) is 23.5 Å². The average Bonchev–Trinajstić information content (AvgIpc) is 3.14. The Morgan fingerprint density at radius 2 is 2.14 bits per heavy atom. The monoisotopic (exact) mass is 288 g/mol. The molecule has 1 unspecified atom stereocenters. The largest absolute Gasteiger partial charge is 0.379 e. The summed E-state index contributed by atoms with van der Waals surface area (Å²) < 4.78 is 7.12. The second-order valence-electron chi connectivity index (χ2n) is 5.68. The molecule has 3 rings (SSSR count). The Labute approximate surface area is 124 Å². The first-order chi connectivity index (χ1) is 10.2. The van der Waals surface area contributed by atoms with Crippen molar-refractivity contribution in [1.82, 2.24) is 14.4 Å². The number of ether oxygens (including phenoxy) is 1. The van der Waals surface area contributed by atoms with E-state index in [4.69, 9.17) is 10.00 Å². The summed E-state index contributed by atoms with van der Waals surface area (Å²) >= 11 is 0. The van der Waals surface area contributed by atoms with E-state index in [0.29, 0.717) is 17.3 Å². The second-order valence-corrected chi connectivity index (χ2v) is 5.68. The Morgan fingerprint density at radius 1 is 1.38 bits per heavy atom. The van der Waals surface area contributed by atoms with Crippen LogP contribution in [0.5, 0.6) is 0 Å². The van der Waals surface area contributed by atoms with E-state index in [1.54, 1.807) is 16.8 Å². The lowest BCUT2D eigenvalue weighted by Gasteiger charge is -2.32. The number of carbonyl (C=O) groups excluding carboxylic acids is 1. The van der Waals surface area contributed by atoms with Crippen molar-refractivity contribution in [2.75, 3.05) is 39.4 Å². The molecule has 1 aromatic heterocycles. The molecule has 1 amide bonds. The second kappa shape index (κ2) is 5.88. The van der Waals surface area contributed by atoms with Crippen molar-refractivity contribution in [3.63, 3.8) is 0 Å². The number of aryl methyl sites for hydroxylation is 1. The summed E-state index contributed by atoms with van der Waals surface area (Å²) in [6.07, 6.45) is 2.71. The maximum Gasteiger partial charge on any atom is 0.270 e. The third-order valence-electron chi connectivity index (χ3n) is 4.37. The minimum absolute atomic E-state index is 0.0229. The van der Waals surface area contributed by atoms with Crippen LogP contribution in [0.2, 0.25) is 0 Å². The van der Waals surface area contributed by atoms with Crippen LogP contribution in [0.3, 0.4) is 0 Å². The Bertz CT molecular complexity index is 569. The molecule has 3 heterocycles. The summed E-state index contributed by atoms with van der Waals surface area (Å²) in [6.45, 7) is 5.03. The molecule has 0 bridgehead atoms. The number of likely N-dealkylation sites (tertiary alicyclic amines) is 1. The molecule has 2 saturated heterocycles. The fraction of sp³-hybridized carbons (Fsp3) is 0.600. The lowest BCUT2D eigenvalue weighted by molar-refractivity contribution is 0.0185. The van der Waals surface area contributed by atoms with E-state index in [0.717, 1.165) is 45.8 Å². The van der Waals surface area contributed by atoms with Gasteiger partial charge in [0.25, 0.3) is 5.91 Å². The predicted molar refractivity (Wildman–Crippen MR) is 76.8 cm³/mol. The van der Waals surface area contributed by atoms with Crippen LogP contribution >= 0.6 is 0 Å². The summed E-state index contributed by atoms with van der Waals surface area (Å²) in [5, 5.41) is 8.93. The van der Waals surface area contributed by atoms with Crippen LogP contribution in [0, 0.1) is 11.3 Å². The number of rotatable bonds is 2. The maximum absolute atomic E-state index is 12.6. The minimum Gasteiger partial charge on any atom is -0.379 e. The van der Waals surface area contributed by atoms with Gasteiger partial charge in [0.15, 0.2) is 0 Å². The third kappa shape index (κ3) is 2.80. The van der Waals surface area contributed by atoms with E-state index in [2.05, 4.69) is 11.0 Å². The molecule has 0 radical (unpaired) electrons. The van der Waals surface area contributed by atoms with Crippen LogP contribution < -0.4 is 0 Å². The average molecular weight is 288 g/mol. The minimum atomic E-state index is 0.0229. The van der Waals surface area contributed by atoms with E-state index in [9.17, 15) is 4.79 Å². The summed E-state index contributed by atoms with van der Waals surface area (Å²) in [5.41, 5.74) is 1.12. The van der Waals surface area contributed by atoms with E-state index >= 15 is 0 Å². The van der Waals surface area contributed by atoms with Gasteiger partial charge in [0.05, 0.1) is 18.8 Å². The molecule has 6 nitrogen and oxygen atoms in total. The number of aromatic nitrogens is 1. The summed E-state index contributed by atoms with van der Waals surface area (Å²) in [7, 11) is 1.81. The van der Waals surface area contributed by atoms with Crippen molar-refractivity contribution in [1.29, 1.82) is 5.26 Å². The number of hydrogen-bond acceptors (Lipinski definition) is 4. The van der Waals surface area contributed by atoms with Gasteiger partial charge in [-0.2, -0.15) is 5.26 Å². The maximum atomic E-state index is 12.6. The smallest absolute Gasteiger partial charge is 0.270 e. The van der Waals surface area contributed by atoms with Crippen LogP contribution in [0.4, 0.5) is 0 Å². The molecule has 0 aliphatic carbocycles. The predicted octanol–water partition coefficient (Wildman–Crippen LogP) is 0.443. The van der Waals surface area contributed by atoms with Gasteiger partial charge in [-0.1, -0.05) is 0 Å². The van der Waals surface area contributed by atoms with Gasteiger partial charge in [-0.05, 0) is 12.5 Å². The fourth-order valence-electron chi connectivity index (χ4n) is 3.17. The Balaban J connectivity index is 1.66. The topological polar surface area (TPSA) is 61.5 Å². The summed E-state index contributed by atoms with van der Waals surface area (Å²) in [5.74, 6) is 0.0229. The van der Waals surface area contributed by atoms with Crippen molar-refractivity contribution < 1.29 is 9.53 Å². The molecule has 0 N–H and O–H groups in total. The molecular formula is C15H20N4O2. The lowest BCUT2D eigenvalue weighted by atomic mass is 10.2. The molecular weight excluding hydrogens is 268 g/mol. The molecule has 112 valence electrons. The van der Waals surface area contributed by atoms with Crippen LogP contribution in [0.15, 0.2) is 12.3 Å². The quantitative estimate of drug-likeness (QED) is 0.792. The Hall–Kier alpha value is -1.84. The highest BCUT2D eigenvalue weighted by Crippen LogP contribution is 2.19. The Morgan fingerprint density at radius 3 is 2.81 bits per heavy atom. The molecule has 0 aromatic carbocycles. The van der Waals surface area contributed by atoms with Crippen LogP contribution in [-0.4, -0.2) is 65.7 Å². The normalized spacial score (nSPS) is 23.2. The van der Waals surface area contributed by atoms with Crippen LogP contribution in [0.25, 0.3) is 0 Å². The first-order valence-corrected chi connectivity index (χ1v) is 7.36. The van der Waals surface area contributed by atoms with E-state index in [1.807, 2.05) is 11.9 Å². The van der Waals surface area contributed by atoms with Crippen molar-refractivity contribution in [2.24, 2.45) is 7.05 Å². The van der Waals surface area contributed by atoms with E-state index < -0.39 is 0 Å². The number of carbonyl (C=O) groups is 1. The van der Waals surface area contributed by atoms with Gasteiger partial charge in [0, 0.05) is 45.5 Å². The zero-order valence-electron chi connectivity index (χ0n) is 12.3. The van der Waals surface area contributed by atoms with Crippen LogP contribution in [-0.2, 0) is 11.8 Å². The van der Waals surface area contributed by atoms with Gasteiger partial charge in [-0.15, -0.1) is 0 Å². The number of amides is 1. The number of nitriles is 1. The zero-order valence-corrected chi connectivity index (χ0v) is 12.3. The molecule has 6 heteroatoms. The molecule has 2 aliphatic heterocycles. The number of morpholine rings is 1. The van der Waals surface area contributed by atoms with Crippen molar-refractivity contribution in [3.8, 4) is 6.07 Å². The standard InChI is InChI=1S/C15H20N4O2/c1-17-10-12(9-16)8-14(17)15(20)19-3-2-13(11-19)18-4-6-21-7-5-18/h8,10,13H,2-7,11H2,1H3. The van der Waals surface area contributed by atoms with Crippen molar-refractivity contribution in [2.45, 2.75) is 12.5 Å². The van der Waals surface area contributed by atoms with Gasteiger partial charge in [0.1, 0.15) is 11.8 Å². The molecule has 1 atom stereocenters. The molecule has 0 saturated carbocycles. The molecule has 0 spiro atoms. The molecule has 2 fully saturated rings. The van der Waals surface area contributed by atoms with Gasteiger partial charge in [0.2, 0.25) is 0 Å². The SMILES string of the molecule is Cn1cc(C#N)cc1C(=O)N1CCC(N2CCOCC2)C1. The number of nitrogens with zero attached hydrogens (tertiary/aromatic N) is 4. The van der Waals surface area contributed by atoms with Gasteiger partial charge >= 0.3 is 0 Å². The highest BCUT2D eigenvalue weighted by Gasteiger charge is 2.32. The van der Waals surface area contributed by atoms with Crippen molar-refractivity contribution >= 4 is 5.91 Å². The van der Waals surface area contributed by atoms with E-state index in [-0.39, 0.29) is 5.91 Å². The molecule has 2 aliphatic rings. The zero-order chi connectivity index (χ0) is 14.8. The molecule has 21 heavy (non-hydrogen) atoms. The highest BCUT2D eigenvalue weighted by molar-refractivity contribution is 5.93. The Kier molecular flexibility index (Phi) is 3.95. The van der Waals surface area contributed by atoms with Crippen LogP contribution in [0.1, 0.15) is 22.5 Å². The first kappa shape index (κ1) is 14.1. The fourth-order valence-corrected chi connectivity index (χ4v) is 3.17. The van der Waals surface area contributed by atoms with Gasteiger partial charge < -0.3 is 14.2 Å². The number of hydrogen-bond donors (Lipinski definition) is 0. The summed E-state index contributed by atoms with van der Waals surface area (Å²) in [6, 6.07) is 4.19. The lowest BCUT2D eigenvalue weighted by Crippen LogP contribution is -2.45.